The molecule has 0 spiro atoms. The van der Waals surface area contributed by atoms with Gasteiger partial charge in [-0.1, -0.05) is 24.3 Å². The highest BCUT2D eigenvalue weighted by atomic mass is 127. The molecule has 7 heteroatoms. The number of guanidine groups is 1. The van der Waals surface area contributed by atoms with Crippen LogP contribution >= 0.6 is 24.0 Å². The lowest BCUT2D eigenvalue weighted by Crippen LogP contribution is -2.42. The van der Waals surface area contributed by atoms with Gasteiger partial charge in [0.1, 0.15) is 18.0 Å². The van der Waals surface area contributed by atoms with Crippen LogP contribution in [-0.2, 0) is 4.79 Å². The topological polar surface area (TPSA) is 88.7 Å². The zero-order valence-corrected chi connectivity index (χ0v) is 17.5. The summed E-state index contributed by atoms with van der Waals surface area (Å²) in [4.78, 5) is 15.8. The third-order valence-corrected chi connectivity index (χ3v) is 2.99. The molecule has 0 bridgehead atoms. The maximum absolute atomic E-state index is 11.8. The van der Waals surface area contributed by atoms with Gasteiger partial charge < -0.3 is 21.1 Å². The Morgan fingerprint density at radius 3 is 2.38 bits per heavy atom. The Morgan fingerprint density at radius 2 is 1.73 bits per heavy atom. The molecule has 0 fully saturated rings. The Kier molecular flexibility index (Phi) is 8.37. The van der Waals surface area contributed by atoms with Crippen LogP contribution in [0.25, 0.3) is 0 Å². The molecule has 0 aliphatic rings. The third kappa shape index (κ3) is 8.19. The van der Waals surface area contributed by atoms with Gasteiger partial charge in [0.05, 0.1) is 0 Å². The van der Waals surface area contributed by atoms with E-state index in [1.807, 2.05) is 75.4 Å². The number of para-hydroxylation sites is 1. The maximum Gasteiger partial charge on any atom is 0.242 e. The molecule has 0 saturated heterocycles. The van der Waals surface area contributed by atoms with Gasteiger partial charge in [0.2, 0.25) is 5.91 Å². The number of carbonyl (C=O) groups excluding carboxylic acids is 1. The molecule has 0 aromatic heterocycles. The van der Waals surface area contributed by atoms with Crippen LogP contribution < -0.4 is 21.1 Å². The van der Waals surface area contributed by atoms with Gasteiger partial charge in [0.25, 0.3) is 0 Å². The van der Waals surface area contributed by atoms with Crippen molar-refractivity contribution in [3.8, 4) is 11.5 Å². The second-order valence-corrected chi connectivity index (χ2v) is 6.57. The number of benzene rings is 2. The molecular formula is C19H25IN4O2. The molecule has 2 rings (SSSR count). The van der Waals surface area contributed by atoms with Gasteiger partial charge in [0, 0.05) is 17.3 Å². The molecule has 0 aliphatic heterocycles. The summed E-state index contributed by atoms with van der Waals surface area (Å²) >= 11 is 0. The fourth-order valence-electron chi connectivity index (χ4n) is 2.06. The van der Waals surface area contributed by atoms with E-state index in [0.717, 1.165) is 11.4 Å². The molecule has 2 aromatic rings. The van der Waals surface area contributed by atoms with E-state index in [4.69, 9.17) is 10.5 Å². The molecule has 26 heavy (non-hydrogen) atoms. The van der Waals surface area contributed by atoms with E-state index in [2.05, 4.69) is 15.6 Å². The number of amides is 1. The van der Waals surface area contributed by atoms with Crippen molar-refractivity contribution in [3.63, 3.8) is 0 Å². The first-order valence-corrected chi connectivity index (χ1v) is 8.03. The van der Waals surface area contributed by atoms with Crippen LogP contribution in [-0.4, -0.2) is 24.0 Å². The van der Waals surface area contributed by atoms with Crippen molar-refractivity contribution in [1.82, 2.24) is 5.32 Å². The van der Waals surface area contributed by atoms with Crippen LogP contribution in [0.1, 0.15) is 20.8 Å². The number of ether oxygens (including phenoxy) is 1. The number of nitrogens with one attached hydrogen (secondary N) is 2. The number of hydrogen-bond acceptors (Lipinski definition) is 3. The van der Waals surface area contributed by atoms with Crippen LogP contribution in [0.5, 0.6) is 11.5 Å². The summed E-state index contributed by atoms with van der Waals surface area (Å²) in [7, 11) is 0. The van der Waals surface area contributed by atoms with Crippen molar-refractivity contribution in [2.45, 2.75) is 26.3 Å². The molecule has 2 aromatic carbocycles. The van der Waals surface area contributed by atoms with Crippen LogP contribution in [0.15, 0.2) is 59.6 Å². The number of hydrogen-bond donors (Lipinski definition) is 3. The first-order valence-electron chi connectivity index (χ1n) is 8.03. The lowest BCUT2D eigenvalue weighted by Gasteiger charge is -2.19. The number of aliphatic imine (C=N–C) groups is 1. The largest absolute Gasteiger partial charge is 0.457 e. The zero-order chi connectivity index (χ0) is 18.3. The van der Waals surface area contributed by atoms with Gasteiger partial charge in [-0.2, -0.15) is 0 Å². The highest BCUT2D eigenvalue weighted by Crippen LogP contribution is 2.23. The molecule has 0 radical (unpaired) electrons. The normalized spacial score (nSPS) is 11.3. The van der Waals surface area contributed by atoms with E-state index < -0.39 is 0 Å². The molecule has 0 aliphatic carbocycles. The van der Waals surface area contributed by atoms with E-state index in [9.17, 15) is 4.79 Å². The standard InChI is InChI=1S/C19H24N4O2.HI/c1-19(2,3)23-17(24)13-21-18(20)22-14-8-7-11-16(12-14)25-15-9-5-4-6-10-15;/h4-12H,13H2,1-3H3,(H,23,24)(H3,20,21,22);1H. The predicted octanol–water partition coefficient (Wildman–Crippen LogP) is 3.74. The molecule has 4 N–H and O–H groups in total. The second kappa shape index (κ2) is 10.0. The SMILES string of the molecule is CC(C)(C)NC(=O)CN=C(N)Nc1cccc(Oc2ccccc2)c1.I. The highest BCUT2D eigenvalue weighted by molar-refractivity contribution is 14.0. The van der Waals surface area contributed by atoms with Crippen molar-refractivity contribution >= 4 is 41.5 Å². The van der Waals surface area contributed by atoms with E-state index in [1.165, 1.54) is 0 Å². The second-order valence-electron chi connectivity index (χ2n) is 6.57. The molecule has 0 atom stereocenters. The summed E-state index contributed by atoms with van der Waals surface area (Å²) < 4.78 is 5.77. The van der Waals surface area contributed by atoms with Crippen LogP contribution in [0.4, 0.5) is 5.69 Å². The Morgan fingerprint density at radius 1 is 1.08 bits per heavy atom. The lowest BCUT2D eigenvalue weighted by molar-refractivity contribution is -0.121. The molecule has 0 unspecified atom stereocenters. The van der Waals surface area contributed by atoms with Gasteiger partial charge in [-0.15, -0.1) is 24.0 Å². The number of nitrogens with zero attached hydrogens (tertiary/aromatic N) is 1. The Bertz CT molecular complexity index is 743. The smallest absolute Gasteiger partial charge is 0.242 e. The van der Waals surface area contributed by atoms with Crippen molar-refractivity contribution in [1.29, 1.82) is 0 Å². The van der Waals surface area contributed by atoms with Gasteiger partial charge in [-0.3, -0.25) is 4.79 Å². The summed E-state index contributed by atoms with van der Waals surface area (Å²) in [6.07, 6.45) is 0. The van der Waals surface area contributed by atoms with E-state index in [0.29, 0.717) is 5.75 Å². The molecule has 1 amide bonds. The minimum atomic E-state index is -0.294. The van der Waals surface area contributed by atoms with E-state index >= 15 is 0 Å². The molecular weight excluding hydrogens is 443 g/mol. The van der Waals surface area contributed by atoms with Crippen LogP contribution in [0.2, 0.25) is 0 Å². The number of anilines is 1. The monoisotopic (exact) mass is 468 g/mol. The number of halogens is 1. The minimum absolute atomic E-state index is 0. The van der Waals surface area contributed by atoms with E-state index in [1.54, 1.807) is 0 Å². The van der Waals surface area contributed by atoms with Gasteiger partial charge in [-0.25, -0.2) is 4.99 Å². The zero-order valence-electron chi connectivity index (χ0n) is 15.2. The summed E-state index contributed by atoms with van der Waals surface area (Å²) in [6.45, 7) is 5.70. The maximum atomic E-state index is 11.8. The Hall–Kier alpha value is -2.29. The Labute approximate surface area is 171 Å². The summed E-state index contributed by atoms with van der Waals surface area (Å²) in [5.74, 6) is 1.41. The minimum Gasteiger partial charge on any atom is -0.457 e. The summed E-state index contributed by atoms with van der Waals surface area (Å²) in [5.41, 5.74) is 6.27. The molecule has 0 heterocycles. The first kappa shape index (κ1) is 21.8. The highest BCUT2D eigenvalue weighted by Gasteiger charge is 2.12. The first-order chi connectivity index (χ1) is 11.8. The van der Waals surface area contributed by atoms with Crippen LogP contribution in [0, 0.1) is 0 Å². The summed E-state index contributed by atoms with van der Waals surface area (Å²) in [6, 6.07) is 16.9. The van der Waals surface area contributed by atoms with Crippen molar-refractivity contribution < 1.29 is 9.53 Å². The van der Waals surface area contributed by atoms with Crippen molar-refractivity contribution in [3.05, 3.63) is 54.6 Å². The average Bonchev–Trinajstić information content (AvgIpc) is 2.53. The molecule has 140 valence electrons. The fraction of sp³-hybridized carbons (Fsp3) is 0.263. The lowest BCUT2D eigenvalue weighted by atomic mass is 10.1. The predicted molar refractivity (Wildman–Crippen MR) is 116 cm³/mol. The fourth-order valence-corrected chi connectivity index (χ4v) is 2.06. The Balaban J connectivity index is 0.00000338. The number of rotatable bonds is 5. The van der Waals surface area contributed by atoms with Crippen LogP contribution in [0.3, 0.4) is 0 Å². The van der Waals surface area contributed by atoms with E-state index in [-0.39, 0.29) is 47.9 Å². The quantitative estimate of drug-likeness (QED) is 0.355. The average molecular weight is 468 g/mol. The van der Waals surface area contributed by atoms with Gasteiger partial charge in [0.15, 0.2) is 5.96 Å². The molecule has 6 nitrogen and oxygen atoms in total. The number of carbonyl (C=O) groups is 1. The van der Waals surface area contributed by atoms with Gasteiger partial charge in [-0.05, 0) is 45.0 Å². The third-order valence-electron chi connectivity index (χ3n) is 2.99. The summed E-state index contributed by atoms with van der Waals surface area (Å²) in [5, 5.41) is 5.78. The number of nitrogens with two attached hydrogens (primary N) is 1. The van der Waals surface area contributed by atoms with Gasteiger partial charge >= 0.3 is 0 Å². The van der Waals surface area contributed by atoms with Crippen molar-refractivity contribution in [2.75, 3.05) is 11.9 Å². The molecule has 0 saturated carbocycles. The van der Waals surface area contributed by atoms with Crippen molar-refractivity contribution in [2.24, 2.45) is 10.7 Å².